The van der Waals surface area contributed by atoms with Gasteiger partial charge in [0.15, 0.2) is 6.10 Å². The van der Waals surface area contributed by atoms with Crippen LogP contribution in [-0.4, -0.2) is 61.6 Å². The number of amides is 1. The lowest BCUT2D eigenvalue weighted by atomic mass is 10.1. The van der Waals surface area contributed by atoms with E-state index in [4.69, 9.17) is 9.47 Å². The van der Waals surface area contributed by atoms with E-state index in [1.54, 1.807) is 24.1 Å². The summed E-state index contributed by atoms with van der Waals surface area (Å²) in [5.41, 5.74) is 1.55. The number of para-hydroxylation sites is 1. The minimum atomic E-state index is -1.14. The van der Waals surface area contributed by atoms with Gasteiger partial charge in [0.05, 0.1) is 28.5 Å². The molecule has 198 valence electrons. The molecule has 3 aromatic carbocycles. The highest BCUT2D eigenvalue weighted by Gasteiger charge is 2.41. The summed E-state index contributed by atoms with van der Waals surface area (Å²) in [6, 6.07) is 20.1. The van der Waals surface area contributed by atoms with E-state index in [9.17, 15) is 19.7 Å². The Morgan fingerprint density at radius 1 is 1.08 bits per heavy atom. The maximum atomic E-state index is 14.1. The van der Waals surface area contributed by atoms with E-state index in [1.165, 1.54) is 36.0 Å². The highest BCUT2D eigenvalue weighted by molar-refractivity contribution is 7.99. The number of ether oxygens (including phenoxy) is 2. The third-order valence-corrected chi connectivity index (χ3v) is 7.80. The second-order valence-electron chi connectivity index (χ2n) is 8.80. The summed E-state index contributed by atoms with van der Waals surface area (Å²) in [7, 11) is 3.56. The van der Waals surface area contributed by atoms with Gasteiger partial charge < -0.3 is 19.3 Å². The van der Waals surface area contributed by atoms with E-state index < -0.39 is 22.2 Å². The number of hydrogen-bond donors (Lipinski definition) is 0. The molecule has 0 bridgehead atoms. The average molecular weight is 536 g/mol. The van der Waals surface area contributed by atoms with Gasteiger partial charge in [0.1, 0.15) is 5.75 Å². The first-order valence-electron chi connectivity index (χ1n) is 12.2. The van der Waals surface area contributed by atoms with Crippen molar-refractivity contribution in [3.8, 4) is 5.75 Å². The second-order valence-corrected chi connectivity index (χ2v) is 9.98. The van der Waals surface area contributed by atoms with Gasteiger partial charge in [-0.05, 0) is 55.6 Å². The molecule has 9 nitrogen and oxygen atoms in total. The topological polar surface area (TPSA) is 102 Å². The minimum Gasteiger partial charge on any atom is -0.497 e. The van der Waals surface area contributed by atoms with Crippen molar-refractivity contribution in [1.29, 1.82) is 0 Å². The van der Waals surface area contributed by atoms with E-state index in [0.717, 1.165) is 22.7 Å². The fraction of sp³-hybridized carbons (Fsp3) is 0.286. The summed E-state index contributed by atoms with van der Waals surface area (Å²) in [6.07, 6.45) is -1.14. The van der Waals surface area contributed by atoms with Crippen LogP contribution in [0.1, 0.15) is 28.1 Å². The zero-order valence-corrected chi connectivity index (χ0v) is 22.2. The van der Waals surface area contributed by atoms with Gasteiger partial charge in [-0.1, -0.05) is 31.2 Å². The minimum absolute atomic E-state index is 0.126. The van der Waals surface area contributed by atoms with Gasteiger partial charge >= 0.3 is 5.97 Å². The van der Waals surface area contributed by atoms with Crippen LogP contribution in [0.5, 0.6) is 5.75 Å². The highest BCUT2D eigenvalue weighted by atomic mass is 32.2. The SMILES string of the molecule is CCN(C)CCN1C(=O)[C@@H](OC(=O)c2ccc([N+](=O)[O-])cc2)[C@@H](c2ccc(OC)cc2)Sc2ccccc21. The van der Waals surface area contributed by atoms with Gasteiger partial charge in [0, 0.05) is 30.1 Å². The summed E-state index contributed by atoms with van der Waals surface area (Å²) in [6.45, 7) is 3.92. The molecular weight excluding hydrogens is 506 g/mol. The molecule has 0 N–H and O–H groups in total. The Labute approximate surface area is 225 Å². The largest absolute Gasteiger partial charge is 0.497 e. The fourth-order valence-corrected chi connectivity index (χ4v) is 5.41. The smallest absolute Gasteiger partial charge is 0.338 e. The lowest BCUT2D eigenvalue weighted by molar-refractivity contribution is -0.384. The first-order valence-corrected chi connectivity index (χ1v) is 13.0. The first-order chi connectivity index (χ1) is 18.3. The van der Waals surface area contributed by atoms with E-state index in [2.05, 4.69) is 4.90 Å². The van der Waals surface area contributed by atoms with Crippen molar-refractivity contribution < 1.29 is 24.0 Å². The number of thioether (sulfide) groups is 1. The van der Waals surface area contributed by atoms with Crippen LogP contribution in [-0.2, 0) is 9.53 Å². The lowest BCUT2D eigenvalue weighted by Crippen LogP contribution is -2.45. The number of rotatable bonds is 9. The number of nitro benzene ring substituents is 1. The normalized spacial score (nSPS) is 17.1. The summed E-state index contributed by atoms with van der Waals surface area (Å²) >= 11 is 1.46. The number of nitro groups is 1. The Morgan fingerprint density at radius 2 is 1.76 bits per heavy atom. The molecule has 4 rings (SSSR count). The van der Waals surface area contributed by atoms with Gasteiger partial charge in [-0.2, -0.15) is 0 Å². The molecule has 1 heterocycles. The van der Waals surface area contributed by atoms with Crippen LogP contribution in [0.3, 0.4) is 0 Å². The standard InChI is InChI=1S/C28H29N3O6S/c1-4-29(2)17-18-30-23-7-5-6-8-24(23)38-26(19-11-15-22(36-3)16-12-19)25(27(30)32)37-28(33)20-9-13-21(14-10-20)31(34)35/h5-16,25-26H,4,17-18H2,1-3H3/t25-,26+/m0/s1. The van der Waals surface area contributed by atoms with E-state index in [-0.39, 0.29) is 17.2 Å². The van der Waals surface area contributed by atoms with Gasteiger partial charge in [-0.25, -0.2) is 4.79 Å². The number of benzene rings is 3. The number of fused-ring (bicyclic) bond motifs is 1. The van der Waals surface area contributed by atoms with Crippen LogP contribution in [0.2, 0.25) is 0 Å². The van der Waals surface area contributed by atoms with Crippen LogP contribution in [0.15, 0.2) is 77.7 Å². The second kappa shape index (κ2) is 12.1. The Hall–Kier alpha value is -3.89. The predicted octanol–water partition coefficient (Wildman–Crippen LogP) is 4.96. The third-order valence-electron chi connectivity index (χ3n) is 6.43. The number of esters is 1. The molecular formula is C28H29N3O6S. The molecule has 3 aromatic rings. The molecule has 0 aromatic heterocycles. The number of methoxy groups -OCH3 is 1. The molecule has 0 unspecified atom stereocenters. The summed E-state index contributed by atoms with van der Waals surface area (Å²) < 4.78 is 11.2. The molecule has 0 fully saturated rings. The fourth-order valence-electron chi connectivity index (χ4n) is 4.09. The molecule has 38 heavy (non-hydrogen) atoms. The van der Waals surface area contributed by atoms with Gasteiger partial charge in [0.2, 0.25) is 0 Å². The molecule has 2 atom stereocenters. The molecule has 0 aliphatic carbocycles. The Kier molecular flexibility index (Phi) is 8.65. The van der Waals surface area contributed by atoms with Crippen molar-refractivity contribution in [3.05, 3.63) is 94.0 Å². The van der Waals surface area contributed by atoms with Crippen LogP contribution >= 0.6 is 11.8 Å². The first kappa shape index (κ1) is 27.2. The molecule has 10 heteroatoms. The Morgan fingerprint density at radius 3 is 2.39 bits per heavy atom. The van der Waals surface area contributed by atoms with Gasteiger partial charge in [-0.15, -0.1) is 11.8 Å². The maximum absolute atomic E-state index is 14.1. The average Bonchev–Trinajstić information content (AvgIpc) is 3.06. The molecule has 0 radical (unpaired) electrons. The number of non-ortho nitro benzene ring substituents is 1. The van der Waals surface area contributed by atoms with Crippen molar-refractivity contribution in [2.75, 3.05) is 38.7 Å². The Bertz CT molecular complexity index is 1300. The summed E-state index contributed by atoms with van der Waals surface area (Å²) in [5, 5.41) is 10.5. The number of carbonyl (C=O) groups excluding carboxylic acids is 2. The molecule has 1 amide bonds. The molecule has 1 aliphatic heterocycles. The number of carbonyl (C=O) groups is 2. The molecule has 0 spiro atoms. The molecule has 0 saturated heterocycles. The van der Waals surface area contributed by atoms with E-state index in [1.807, 2.05) is 50.4 Å². The van der Waals surface area contributed by atoms with Gasteiger partial charge in [0.25, 0.3) is 11.6 Å². The lowest BCUT2D eigenvalue weighted by Gasteiger charge is -2.29. The number of anilines is 1. The van der Waals surface area contributed by atoms with E-state index in [0.29, 0.717) is 18.8 Å². The van der Waals surface area contributed by atoms with Crippen LogP contribution < -0.4 is 9.64 Å². The van der Waals surface area contributed by atoms with E-state index >= 15 is 0 Å². The zero-order chi connectivity index (χ0) is 27.2. The van der Waals surface area contributed by atoms with Crippen LogP contribution in [0.25, 0.3) is 0 Å². The van der Waals surface area contributed by atoms with Gasteiger partial charge in [-0.3, -0.25) is 14.9 Å². The Balaban J connectivity index is 1.73. The van der Waals surface area contributed by atoms with Crippen LogP contribution in [0.4, 0.5) is 11.4 Å². The maximum Gasteiger partial charge on any atom is 0.338 e. The van der Waals surface area contributed by atoms with Crippen molar-refractivity contribution in [1.82, 2.24) is 4.90 Å². The quantitative estimate of drug-likeness (QED) is 0.215. The predicted molar refractivity (Wildman–Crippen MR) is 146 cm³/mol. The van der Waals surface area contributed by atoms with Crippen molar-refractivity contribution >= 4 is 35.0 Å². The number of hydrogen-bond acceptors (Lipinski definition) is 8. The number of likely N-dealkylation sites (N-methyl/N-ethyl adjacent to an activating group) is 1. The zero-order valence-electron chi connectivity index (χ0n) is 21.4. The molecule has 0 saturated carbocycles. The highest BCUT2D eigenvalue weighted by Crippen LogP contribution is 2.47. The monoisotopic (exact) mass is 535 g/mol. The third kappa shape index (κ3) is 5.98. The molecule has 1 aliphatic rings. The number of nitrogens with zero attached hydrogens (tertiary/aromatic N) is 3. The van der Waals surface area contributed by atoms with Crippen molar-refractivity contribution in [2.24, 2.45) is 0 Å². The van der Waals surface area contributed by atoms with Crippen molar-refractivity contribution in [3.63, 3.8) is 0 Å². The summed E-state index contributed by atoms with van der Waals surface area (Å²) in [4.78, 5) is 42.5. The van der Waals surface area contributed by atoms with Crippen molar-refractivity contribution in [2.45, 2.75) is 23.2 Å². The summed E-state index contributed by atoms with van der Waals surface area (Å²) in [5.74, 6) is -0.389. The van der Waals surface area contributed by atoms with Crippen LogP contribution in [0, 0.1) is 10.1 Å².